The summed E-state index contributed by atoms with van der Waals surface area (Å²) in [4.78, 5) is 38.8. The molecule has 1 fully saturated rings. The first-order valence-corrected chi connectivity index (χ1v) is 9.08. The van der Waals surface area contributed by atoms with Crippen molar-refractivity contribution < 1.29 is 14.4 Å². The molecule has 3 rings (SSSR count). The van der Waals surface area contributed by atoms with E-state index < -0.39 is 5.92 Å². The van der Waals surface area contributed by atoms with Crippen molar-refractivity contribution in [3.63, 3.8) is 0 Å². The Balaban J connectivity index is 1.66. The Hall–Kier alpha value is -3.15. The molecule has 3 amide bonds. The molecule has 1 saturated heterocycles. The van der Waals surface area contributed by atoms with E-state index in [2.05, 4.69) is 10.6 Å². The molecule has 0 radical (unpaired) electrons. The molecule has 6 nitrogen and oxygen atoms in total. The first kappa shape index (κ1) is 18.6. The van der Waals surface area contributed by atoms with Crippen LogP contribution in [0.5, 0.6) is 0 Å². The van der Waals surface area contributed by atoms with Gasteiger partial charge in [-0.2, -0.15) is 0 Å². The van der Waals surface area contributed by atoms with Gasteiger partial charge in [0.15, 0.2) is 0 Å². The summed E-state index contributed by atoms with van der Waals surface area (Å²) in [6.07, 6.45) is 0.183. The molecule has 0 aliphatic carbocycles. The third-order valence-corrected chi connectivity index (χ3v) is 4.57. The highest BCUT2D eigenvalue weighted by molar-refractivity contribution is 6.05. The SMILES string of the molecule is CCNC(=O)c1ccccc1NC(=O)[C@H]1CC(=O)N(Cc2ccccc2)C1. The van der Waals surface area contributed by atoms with Gasteiger partial charge in [-0.05, 0) is 24.6 Å². The topological polar surface area (TPSA) is 78.5 Å². The maximum atomic E-state index is 12.7. The van der Waals surface area contributed by atoms with Gasteiger partial charge in [-0.25, -0.2) is 0 Å². The van der Waals surface area contributed by atoms with Gasteiger partial charge in [0.1, 0.15) is 0 Å². The van der Waals surface area contributed by atoms with E-state index in [4.69, 9.17) is 0 Å². The Kier molecular flexibility index (Phi) is 5.86. The van der Waals surface area contributed by atoms with Gasteiger partial charge >= 0.3 is 0 Å². The quantitative estimate of drug-likeness (QED) is 0.825. The van der Waals surface area contributed by atoms with Crippen molar-refractivity contribution in [1.29, 1.82) is 0 Å². The van der Waals surface area contributed by atoms with Crippen LogP contribution in [0.15, 0.2) is 54.6 Å². The van der Waals surface area contributed by atoms with Crippen LogP contribution in [0.1, 0.15) is 29.3 Å². The number of likely N-dealkylation sites (tertiary alicyclic amines) is 1. The lowest BCUT2D eigenvalue weighted by Crippen LogP contribution is -2.29. The second-order valence-corrected chi connectivity index (χ2v) is 6.56. The molecule has 1 heterocycles. The number of carbonyl (C=O) groups is 3. The molecule has 0 unspecified atom stereocenters. The fourth-order valence-corrected chi connectivity index (χ4v) is 3.19. The minimum Gasteiger partial charge on any atom is -0.352 e. The molecule has 2 N–H and O–H groups in total. The van der Waals surface area contributed by atoms with E-state index in [9.17, 15) is 14.4 Å². The minimum absolute atomic E-state index is 0.0315. The zero-order valence-electron chi connectivity index (χ0n) is 15.3. The lowest BCUT2D eigenvalue weighted by Gasteiger charge is -2.17. The van der Waals surface area contributed by atoms with Crippen molar-refractivity contribution in [3.05, 3.63) is 65.7 Å². The van der Waals surface area contributed by atoms with Crippen LogP contribution in [-0.2, 0) is 16.1 Å². The summed E-state index contributed by atoms with van der Waals surface area (Å²) < 4.78 is 0. The summed E-state index contributed by atoms with van der Waals surface area (Å²) in [6, 6.07) is 16.6. The normalized spacial score (nSPS) is 16.3. The van der Waals surface area contributed by atoms with Crippen LogP contribution < -0.4 is 10.6 Å². The summed E-state index contributed by atoms with van der Waals surface area (Å²) in [5, 5.41) is 5.55. The van der Waals surface area contributed by atoms with Gasteiger partial charge in [-0.1, -0.05) is 42.5 Å². The van der Waals surface area contributed by atoms with E-state index in [1.165, 1.54) is 0 Å². The van der Waals surface area contributed by atoms with Gasteiger partial charge in [-0.3, -0.25) is 14.4 Å². The molecule has 140 valence electrons. The molecule has 27 heavy (non-hydrogen) atoms. The minimum atomic E-state index is -0.427. The highest BCUT2D eigenvalue weighted by atomic mass is 16.2. The first-order valence-electron chi connectivity index (χ1n) is 9.08. The molecule has 1 atom stereocenters. The van der Waals surface area contributed by atoms with Gasteiger partial charge in [-0.15, -0.1) is 0 Å². The van der Waals surface area contributed by atoms with Crippen molar-refractivity contribution in [2.24, 2.45) is 5.92 Å². The van der Waals surface area contributed by atoms with Crippen molar-refractivity contribution in [3.8, 4) is 0 Å². The van der Waals surface area contributed by atoms with Crippen LogP contribution in [0.3, 0.4) is 0 Å². The van der Waals surface area contributed by atoms with Gasteiger partial charge in [0.05, 0.1) is 17.2 Å². The monoisotopic (exact) mass is 365 g/mol. The van der Waals surface area contributed by atoms with E-state index in [0.717, 1.165) is 5.56 Å². The third-order valence-electron chi connectivity index (χ3n) is 4.57. The van der Waals surface area contributed by atoms with Crippen molar-refractivity contribution in [2.45, 2.75) is 19.9 Å². The van der Waals surface area contributed by atoms with Crippen molar-refractivity contribution >= 4 is 23.4 Å². The molecule has 0 aromatic heterocycles. The molecular weight excluding hydrogens is 342 g/mol. The zero-order chi connectivity index (χ0) is 19.2. The van der Waals surface area contributed by atoms with E-state index in [0.29, 0.717) is 30.9 Å². The summed E-state index contributed by atoms with van der Waals surface area (Å²) in [5.41, 5.74) is 1.91. The number of nitrogens with one attached hydrogen (secondary N) is 2. The lowest BCUT2D eigenvalue weighted by atomic mass is 10.1. The number of nitrogens with zero attached hydrogens (tertiary/aromatic N) is 1. The number of amides is 3. The van der Waals surface area contributed by atoms with Crippen LogP contribution in [0, 0.1) is 5.92 Å². The average Bonchev–Trinajstić information content (AvgIpc) is 3.04. The molecule has 2 aromatic rings. The Bertz CT molecular complexity index is 836. The molecule has 1 aliphatic rings. The maximum Gasteiger partial charge on any atom is 0.253 e. The Labute approximate surface area is 158 Å². The lowest BCUT2D eigenvalue weighted by molar-refractivity contribution is -0.128. The summed E-state index contributed by atoms with van der Waals surface area (Å²) in [5.74, 6) is -0.934. The average molecular weight is 365 g/mol. The summed E-state index contributed by atoms with van der Waals surface area (Å²) in [6.45, 7) is 3.22. The zero-order valence-corrected chi connectivity index (χ0v) is 15.3. The molecule has 0 bridgehead atoms. The van der Waals surface area contributed by atoms with Gasteiger partial charge in [0.2, 0.25) is 11.8 Å². The van der Waals surface area contributed by atoms with E-state index in [1.54, 1.807) is 29.2 Å². The second kappa shape index (κ2) is 8.49. The second-order valence-electron chi connectivity index (χ2n) is 6.56. The number of hydrogen-bond donors (Lipinski definition) is 2. The number of anilines is 1. The predicted octanol–water partition coefficient (Wildman–Crippen LogP) is 2.42. The van der Waals surface area contributed by atoms with Crippen LogP contribution in [-0.4, -0.2) is 35.7 Å². The Morgan fingerprint density at radius 3 is 2.52 bits per heavy atom. The van der Waals surface area contributed by atoms with Crippen LogP contribution in [0.2, 0.25) is 0 Å². The summed E-state index contributed by atoms with van der Waals surface area (Å²) >= 11 is 0. The van der Waals surface area contributed by atoms with Crippen LogP contribution in [0.25, 0.3) is 0 Å². The molecule has 0 spiro atoms. The third kappa shape index (κ3) is 4.53. The van der Waals surface area contributed by atoms with Crippen LogP contribution >= 0.6 is 0 Å². The number of rotatable bonds is 6. The van der Waals surface area contributed by atoms with Gasteiger partial charge < -0.3 is 15.5 Å². The van der Waals surface area contributed by atoms with E-state index in [1.807, 2.05) is 37.3 Å². The molecule has 2 aromatic carbocycles. The molecule has 6 heteroatoms. The maximum absolute atomic E-state index is 12.7. The van der Waals surface area contributed by atoms with Gasteiger partial charge in [0, 0.05) is 26.1 Å². The molecule has 1 aliphatic heterocycles. The Morgan fingerprint density at radius 2 is 1.78 bits per heavy atom. The van der Waals surface area contributed by atoms with Crippen molar-refractivity contribution in [2.75, 3.05) is 18.4 Å². The molecule has 0 saturated carbocycles. The number of para-hydroxylation sites is 1. The fraction of sp³-hybridized carbons (Fsp3) is 0.286. The highest BCUT2D eigenvalue weighted by Gasteiger charge is 2.34. The van der Waals surface area contributed by atoms with Crippen molar-refractivity contribution in [1.82, 2.24) is 10.2 Å². The first-order chi connectivity index (χ1) is 13.1. The molecular formula is C21H23N3O3. The Morgan fingerprint density at radius 1 is 1.07 bits per heavy atom. The largest absolute Gasteiger partial charge is 0.352 e. The summed E-state index contributed by atoms with van der Waals surface area (Å²) in [7, 11) is 0. The standard InChI is InChI=1S/C21H23N3O3/c1-2-22-21(27)17-10-6-7-11-18(17)23-20(26)16-12-19(25)24(14-16)13-15-8-4-3-5-9-15/h3-11,16H,2,12-14H2,1H3,(H,22,27)(H,23,26)/t16-/m0/s1. The fourth-order valence-electron chi connectivity index (χ4n) is 3.19. The number of carbonyl (C=O) groups excluding carboxylic acids is 3. The highest BCUT2D eigenvalue weighted by Crippen LogP contribution is 2.23. The smallest absolute Gasteiger partial charge is 0.253 e. The van der Waals surface area contributed by atoms with E-state index >= 15 is 0 Å². The predicted molar refractivity (Wildman–Crippen MR) is 103 cm³/mol. The van der Waals surface area contributed by atoms with Gasteiger partial charge in [0.25, 0.3) is 5.91 Å². The van der Waals surface area contributed by atoms with Crippen LogP contribution in [0.4, 0.5) is 5.69 Å². The number of benzene rings is 2. The number of hydrogen-bond acceptors (Lipinski definition) is 3. The van der Waals surface area contributed by atoms with E-state index in [-0.39, 0.29) is 24.1 Å².